The molecule has 4 nitrogen and oxygen atoms in total. The van der Waals surface area contributed by atoms with Crippen molar-refractivity contribution in [2.75, 3.05) is 5.32 Å². The van der Waals surface area contributed by atoms with Gasteiger partial charge in [0, 0.05) is 35.3 Å². The Morgan fingerprint density at radius 2 is 1.86 bits per heavy atom. The van der Waals surface area contributed by atoms with Gasteiger partial charge >= 0.3 is 0 Å². The number of hydrogen-bond acceptors (Lipinski definition) is 4. The number of pyridine rings is 3. The van der Waals surface area contributed by atoms with Crippen LogP contribution < -0.4 is 5.32 Å². The van der Waals surface area contributed by atoms with E-state index in [1.165, 1.54) is 6.07 Å². The molecule has 0 aliphatic heterocycles. The van der Waals surface area contributed by atoms with Gasteiger partial charge in [-0.1, -0.05) is 20.8 Å². The molecule has 0 aliphatic rings. The number of fused-ring (bicyclic) bond motifs is 1. The maximum absolute atomic E-state index is 14.1. The maximum atomic E-state index is 14.1. The minimum absolute atomic E-state index is 0.0519. The molecular weight excluding hydrogens is 279 g/mol. The minimum Gasteiger partial charge on any atom is -0.340 e. The molecule has 0 atom stereocenters. The lowest BCUT2D eigenvalue weighted by Crippen LogP contribution is -2.13. The molecule has 0 aliphatic carbocycles. The van der Waals surface area contributed by atoms with E-state index < -0.39 is 5.82 Å². The van der Waals surface area contributed by atoms with Crippen molar-refractivity contribution in [1.82, 2.24) is 15.0 Å². The SMILES string of the molecule is CC(C)(C)c1cc(Nc2cc(F)c3ncccc3n2)ccn1. The molecule has 0 spiro atoms. The van der Waals surface area contributed by atoms with Gasteiger partial charge in [0.2, 0.25) is 0 Å². The van der Waals surface area contributed by atoms with E-state index in [2.05, 4.69) is 41.0 Å². The first kappa shape index (κ1) is 14.4. The Kier molecular flexibility index (Phi) is 3.48. The summed E-state index contributed by atoms with van der Waals surface area (Å²) in [6, 6.07) is 8.62. The smallest absolute Gasteiger partial charge is 0.154 e. The van der Waals surface area contributed by atoms with Gasteiger partial charge < -0.3 is 5.32 Å². The first-order valence-corrected chi connectivity index (χ1v) is 7.08. The Morgan fingerprint density at radius 3 is 2.64 bits per heavy atom. The molecule has 0 bridgehead atoms. The number of halogens is 1. The maximum Gasteiger partial charge on any atom is 0.154 e. The summed E-state index contributed by atoms with van der Waals surface area (Å²) >= 11 is 0. The lowest BCUT2D eigenvalue weighted by atomic mass is 9.91. The molecule has 22 heavy (non-hydrogen) atoms. The Morgan fingerprint density at radius 1 is 1.05 bits per heavy atom. The van der Waals surface area contributed by atoms with E-state index in [1.54, 1.807) is 24.5 Å². The van der Waals surface area contributed by atoms with E-state index in [-0.39, 0.29) is 10.9 Å². The molecular formula is C17H17FN4. The summed E-state index contributed by atoms with van der Waals surface area (Å²) in [5, 5.41) is 3.13. The number of hydrogen-bond donors (Lipinski definition) is 1. The lowest BCUT2D eigenvalue weighted by Gasteiger charge is -2.18. The molecule has 0 amide bonds. The van der Waals surface area contributed by atoms with Crippen molar-refractivity contribution in [2.45, 2.75) is 26.2 Å². The molecule has 0 radical (unpaired) electrons. The van der Waals surface area contributed by atoms with E-state index in [9.17, 15) is 4.39 Å². The third-order valence-corrected chi connectivity index (χ3v) is 3.32. The molecule has 3 heterocycles. The lowest BCUT2D eigenvalue weighted by molar-refractivity contribution is 0.569. The largest absolute Gasteiger partial charge is 0.340 e. The highest BCUT2D eigenvalue weighted by Gasteiger charge is 2.15. The highest BCUT2D eigenvalue weighted by atomic mass is 19.1. The first-order chi connectivity index (χ1) is 10.4. The molecule has 0 saturated heterocycles. The topological polar surface area (TPSA) is 50.7 Å². The standard InChI is InChI=1S/C17H17FN4/c1-17(2,3)14-9-11(6-8-19-14)21-15-10-12(18)16-13(22-15)5-4-7-20-16/h4-10H,1-3H3,(H,19,21,22). The van der Waals surface area contributed by atoms with Crippen molar-refractivity contribution in [3.05, 3.63) is 54.2 Å². The molecule has 5 heteroatoms. The number of rotatable bonds is 2. The average molecular weight is 296 g/mol. The zero-order chi connectivity index (χ0) is 15.7. The van der Waals surface area contributed by atoms with Gasteiger partial charge in [-0.15, -0.1) is 0 Å². The van der Waals surface area contributed by atoms with Crippen molar-refractivity contribution in [3.8, 4) is 0 Å². The Hall–Kier alpha value is -2.56. The molecule has 0 fully saturated rings. The third kappa shape index (κ3) is 2.88. The first-order valence-electron chi connectivity index (χ1n) is 7.08. The summed E-state index contributed by atoms with van der Waals surface area (Å²) < 4.78 is 14.1. The van der Waals surface area contributed by atoms with Crippen molar-refractivity contribution in [3.63, 3.8) is 0 Å². The molecule has 3 aromatic rings. The van der Waals surface area contributed by atoms with Gasteiger partial charge in [0.25, 0.3) is 0 Å². The van der Waals surface area contributed by atoms with Gasteiger partial charge in [-0.3, -0.25) is 9.97 Å². The molecule has 1 N–H and O–H groups in total. The van der Waals surface area contributed by atoms with Crippen LogP contribution in [0.15, 0.2) is 42.7 Å². The van der Waals surface area contributed by atoms with Crippen LogP contribution in [0.25, 0.3) is 11.0 Å². The second-order valence-corrected chi connectivity index (χ2v) is 6.17. The Labute approximate surface area is 128 Å². The number of nitrogens with one attached hydrogen (secondary N) is 1. The van der Waals surface area contributed by atoms with Crippen LogP contribution in [0.3, 0.4) is 0 Å². The van der Waals surface area contributed by atoms with Gasteiger partial charge in [0.15, 0.2) is 5.82 Å². The van der Waals surface area contributed by atoms with Crippen LogP contribution in [0.5, 0.6) is 0 Å². The summed E-state index contributed by atoms with van der Waals surface area (Å²) in [7, 11) is 0. The predicted molar refractivity (Wildman–Crippen MR) is 85.7 cm³/mol. The second kappa shape index (κ2) is 5.33. The summed E-state index contributed by atoms with van der Waals surface area (Å²) in [6.07, 6.45) is 3.29. The highest BCUT2D eigenvalue weighted by Crippen LogP contribution is 2.25. The van der Waals surface area contributed by atoms with Gasteiger partial charge in [-0.25, -0.2) is 9.37 Å². The summed E-state index contributed by atoms with van der Waals surface area (Å²) in [6.45, 7) is 6.29. The molecule has 3 rings (SSSR count). The van der Waals surface area contributed by atoms with E-state index >= 15 is 0 Å². The van der Waals surface area contributed by atoms with Crippen LogP contribution >= 0.6 is 0 Å². The molecule has 0 aromatic carbocycles. The van der Waals surface area contributed by atoms with Crippen LogP contribution in [0, 0.1) is 5.82 Å². The van der Waals surface area contributed by atoms with Crippen LogP contribution in [-0.4, -0.2) is 15.0 Å². The van der Waals surface area contributed by atoms with Crippen molar-refractivity contribution in [2.24, 2.45) is 0 Å². The van der Waals surface area contributed by atoms with E-state index in [0.29, 0.717) is 11.3 Å². The number of nitrogens with zero attached hydrogens (tertiary/aromatic N) is 3. The summed E-state index contributed by atoms with van der Waals surface area (Å²) in [4.78, 5) is 12.8. The fraction of sp³-hybridized carbons (Fsp3) is 0.235. The molecule has 0 saturated carbocycles. The van der Waals surface area contributed by atoms with Crippen LogP contribution in [0.4, 0.5) is 15.9 Å². The fourth-order valence-corrected chi connectivity index (χ4v) is 2.15. The summed E-state index contributed by atoms with van der Waals surface area (Å²) in [5.41, 5.74) is 2.53. The quantitative estimate of drug-likeness (QED) is 0.770. The molecule has 0 unspecified atom stereocenters. The van der Waals surface area contributed by atoms with Crippen LogP contribution in [0.2, 0.25) is 0 Å². The van der Waals surface area contributed by atoms with Gasteiger partial charge in [0.1, 0.15) is 11.3 Å². The Balaban J connectivity index is 1.97. The van der Waals surface area contributed by atoms with E-state index in [0.717, 1.165) is 11.4 Å². The second-order valence-electron chi connectivity index (χ2n) is 6.17. The summed E-state index contributed by atoms with van der Waals surface area (Å²) in [5.74, 6) is 0.0576. The van der Waals surface area contributed by atoms with Crippen molar-refractivity contribution < 1.29 is 4.39 Å². The Bertz CT molecular complexity index is 824. The predicted octanol–water partition coefficient (Wildman–Crippen LogP) is 4.21. The highest BCUT2D eigenvalue weighted by molar-refractivity contribution is 5.77. The number of anilines is 2. The van der Waals surface area contributed by atoms with Crippen LogP contribution in [0.1, 0.15) is 26.5 Å². The van der Waals surface area contributed by atoms with E-state index in [4.69, 9.17) is 0 Å². The zero-order valence-corrected chi connectivity index (χ0v) is 12.8. The zero-order valence-electron chi connectivity index (χ0n) is 12.8. The minimum atomic E-state index is -0.391. The van der Waals surface area contributed by atoms with Crippen molar-refractivity contribution >= 4 is 22.5 Å². The average Bonchev–Trinajstić information content (AvgIpc) is 2.47. The molecule has 112 valence electrons. The monoisotopic (exact) mass is 296 g/mol. The fourth-order valence-electron chi connectivity index (χ4n) is 2.15. The van der Waals surface area contributed by atoms with Crippen molar-refractivity contribution in [1.29, 1.82) is 0 Å². The third-order valence-electron chi connectivity index (χ3n) is 3.32. The molecule has 3 aromatic heterocycles. The van der Waals surface area contributed by atoms with Crippen LogP contribution in [-0.2, 0) is 5.41 Å². The van der Waals surface area contributed by atoms with Gasteiger partial charge in [0.05, 0.1) is 5.52 Å². The number of aromatic nitrogens is 3. The van der Waals surface area contributed by atoms with Gasteiger partial charge in [-0.05, 0) is 24.3 Å². The van der Waals surface area contributed by atoms with Gasteiger partial charge in [-0.2, -0.15) is 0 Å². The normalized spacial score (nSPS) is 11.6. The van der Waals surface area contributed by atoms with E-state index in [1.807, 2.05) is 12.1 Å².